The summed E-state index contributed by atoms with van der Waals surface area (Å²) in [5.74, 6) is 0.356. The van der Waals surface area contributed by atoms with Crippen molar-refractivity contribution in [3.63, 3.8) is 0 Å². The first-order valence-electron chi connectivity index (χ1n) is 3.17. The summed E-state index contributed by atoms with van der Waals surface area (Å²) in [5, 5.41) is 0. The maximum absolute atomic E-state index is 10.7. The molecular weight excluding hydrogens is 214 g/mol. The number of nitrogens with two attached hydrogens (primary N) is 1. The van der Waals surface area contributed by atoms with Gasteiger partial charge >= 0.3 is 0 Å². The number of nitrogens with zero attached hydrogens (tertiary/aromatic N) is 1. The van der Waals surface area contributed by atoms with Gasteiger partial charge in [0.2, 0.25) is 10.0 Å². The fraction of sp³-hybridized carbons (Fsp3) is 0.167. The molecule has 0 amide bonds. The van der Waals surface area contributed by atoms with Gasteiger partial charge in [-0.15, -0.1) is 12.4 Å². The summed E-state index contributed by atoms with van der Waals surface area (Å²) in [4.78, 5) is 3.71. The highest BCUT2D eigenvalue weighted by Gasteiger charge is 2.00. The van der Waals surface area contributed by atoms with Crippen LogP contribution in [0.5, 0.6) is 0 Å². The van der Waals surface area contributed by atoms with Crippen molar-refractivity contribution in [1.29, 1.82) is 0 Å². The van der Waals surface area contributed by atoms with E-state index in [2.05, 4.69) is 9.71 Å². The van der Waals surface area contributed by atoms with Crippen molar-refractivity contribution in [3.8, 4) is 0 Å². The van der Waals surface area contributed by atoms with Crippen LogP contribution in [0.2, 0.25) is 0 Å². The molecule has 0 aromatic carbocycles. The molecule has 0 aliphatic rings. The second-order valence-corrected chi connectivity index (χ2v) is 4.09. The molecule has 0 aliphatic heterocycles. The predicted octanol–water partition coefficient (Wildman–Crippen LogP) is 0.457. The molecule has 1 heterocycles. The monoisotopic (exact) mass is 223 g/mol. The Morgan fingerprint density at radius 1 is 1.46 bits per heavy atom. The molecule has 13 heavy (non-hydrogen) atoms. The fourth-order valence-electron chi connectivity index (χ4n) is 0.680. The topological polar surface area (TPSA) is 85.1 Å². The summed E-state index contributed by atoms with van der Waals surface area (Å²) in [5.41, 5.74) is 5.71. The highest BCUT2D eigenvalue weighted by molar-refractivity contribution is 7.92. The van der Waals surface area contributed by atoms with Crippen LogP contribution in [0.15, 0.2) is 18.3 Å². The van der Waals surface area contributed by atoms with Crippen molar-refractivity contribution in [2.45, 2.75) is 0 Å². The van der Waals surface area contributed by atoms with E-state index >= 15 is 0 Å². The number of nitrogens with one attached hydrogen (secondary N) is 1. The zero-order valence-electron chi connectivity index (χ0n) is 6.89. The summed E-state index contributed by atoms with van der Waals surface area (Å²) in [6.07, 6.45) is 2.43. The fourth-order valence-corrected chi connectivity index (χ4v) is 1.23. The van der Waals surface area contributed by atoms with Gasteiger partial charge in [-0.05, 0) is 12.1 Å². The summed E-state index contributed by atoms with van der Waals surface area (Å²) in [6, 6.07) is 3.07. The number of anilines is 2. The summed E-state index contributed by atoms with van der Waals surface area (Å²) < 4.78 is 23.7. The van der Waals surface area contributed by atoms with E-state index in [1.165, 1.54) is 12.3 Å². The van der Waals surface area contributed by atoms with Crippen LogP contribution in [0.25, 0.3) is 0 Å². The molecule has 0 fully saturated rings. The zero-order chi connectivity index (χ0) is 9.19. The lowest BCUT2D eigenvalue weighted by Crippen LogP contribution is -2.09. The number of pyridine rings is 1. The van der Waals surface area contributed by atoms with E-state index < -0.39 is 10.0 Å². The Morgan fingerprint density at radius 2 is 2.08 bits per heavy atom. The van der Waals surface area contributed by atoms with Crippen molar-refractivity contribution in [2.24, 2.45) is 0 Å². The predicted molar refractivity (Wildman–Crippen MR) is 54.4 cm³/mol. The van der Waals surface area contributed by atoms with Gasteiger partial charge in [0.05, 0.1) is 18.1 Å². The average molecular weight is 224 g/mol. The third-order valence-electron chi connectivity index (χ3n) is 1.09. The Morgan fingerprint density at radius 3 is 2.46 bits per heavy atom. The van der Waals surface area contributed by atoms with Gasteiger partial charge in [-0.2, -0.15) is 0 Å². The maximum atomic E-state index is 10.7. The molecule has 0 bridgehead atoms. The first kappa shape index (κ1) is 12.0. The molecule has 0 spiro atoms. The standard InChI is InChI=1S/C6H9N3O2S.ClH/c1-12(10,11)9-5-2-3-6(7)8-4-5;/h2-4,9H,1H3,(H2,7,8);1H. The second kappa shape index (κ2) is 4.29. The van der Waals surface area contributed by atoms with E-state index in [-0.39, 0.29) is 12.4 Å². The Balaban J connectivity index is 0.00000144. The van der Waals surface area contributed by atoms with Crippen LogP contribution >= 0.6 is 12.4 Å². The molecule has 0 saturated heterocycles. The highest BCUT2D eigenvalue weighted by Crippen LogP contribution is 2.07. The van der Waals surface area contributed by atoms with Crippen LogP contribution in [-0.2, 0) is 10.0 Å². The molecule has 0 radical (unpaired) electrons. The lowest BCUT2D eigenvalue weighted by Gasteiger charge is -2.01. The van der Waals surface area contributed by atoms with Gasteiger partial charge < -0.3 is 5.73 Å². The van der Waals surface area contributed by atoms with Crippen LogP contribution in [-0.4, -0.2) is 19.7 Å². The number of hydrogen-bond donors (Lipinski definition) is 2. The highest BCUT2D eigenvalue weighted by atomic mass is 35.5. The lowest BCUT2D eigenvalue weighted by molar-refractivity contribution is 0.607. The minimum absolute atomic E-state index is 0. The molecule has 0 atom stereocenters. The number of sulfonamides is 1. The van der Waals surface area contributed by atoms with E-state index in [9.17, 15) is 8.42 Å². The van der Waals surface area contributed by atoms with Crippen molar-refractivity contribution in [1.82, 2.24) is 4.98 Å². The third kappa shape index (κ3) is 4.54. The van der Waals surface area contributed by atoms with Crippen molar-refractivity contribution in [3.05, 3.63) is 18.3 Å². The second-order valence-electron chi connectivity index (χ2n) is 2.35. The summed E-state index contributed by atoms with van der Waals surface area (Å²) in [6.45, 7) is 0. The van der Waals surface area contributed by atoms with Crippen LogP contribution < -0.4 is 10.5 Å². The summed E-state index contributed by atoms with van der Waals surface area (Å²) in [7, 11) is -3.22. The molecule has 3 N–H and O–H groups in total. The van der Waals surface area contributed by atoms with Gasteiger partial charge in [-0.3, -0.25) is 4.72 Å². The SMILES string of the molecule is CS(=O)(=O)Nc1ccc(N)nc1.Cl. The van der Waals surface area contributed by atoms with Crippen molar-refractivity contribution in [2.75, 3.05) is 16.7 Å². The number of rotatable bonds is 2. The first-order valence-corrected chi connectivity index (χ1v) is 5.06. The van der Waals surface area contributed by atoms with Crippen LogP contribution in [0.3, 0.4) is 0 Å². The molecule has 0 unspecified atom stereocenters. The Labute approximate surface area is 82.8 Å². The molecule has 0 saturated carbocycles. The van der Waals surface area contributed by atoms with Crippen molar-refractivity contribution >= 4 is 33.9 Å². The Bertz CT molecular complexity index is 362. The van der Waals surface area contributed by atoms with E-state index in [4.69, 9.17) is 5.73 Å². The molecule has 0 aliphatic carbocycles. The molecule has 5 nitrogen and oxygen atoms in total. The van der Waals surface area contributed by atoms with Gasteiger partial charge in [-0.25, -0.2) is 13.4 Å². The lowest BCUT2D eigenvalue weighted by atomic mass is 10.4. The van der Waals surface area contributed by atoms with Gasteiger partial charge in [-0.1, -0.05) is 0 Å². The first-order chi connectivity index (χ1) is 5.47. The molecule has 1 aromatic heterocycles. The Hall–Kier alpha value is -1.01. The zero-order valence-corrected chi connectivity index (χ0v) is 8.52. The third-order valence-corrected chi connectivity index (χ3v) is 1.70. The molecule has 7 heteroatoms. The van der Waals surface area contributed by atoms with Gasteiger partial charge in [0.25, 0.3) is 0 Å². The Kier molecular flexibility index (Phi) is 3.96. The van der Waals surface area contributed by atoms with Gasteiger partial charge in [0.15, 0.2) is 0 Å². The van der Waals surface area contributed by atoms with Crippen molar-refractivity contribution < 1.29 is 8.42 Å². The van der Waals surface area contributed by atoms with E-state index in [0.717, 1.165) is 6.26 Å². The van der Waals surface area contributed by atoms with E-state index in [1.807, 2.05) is 0 Å². The number of nitrogen functional groups attached to an aromatic ring is 1. The van der Waals surface area contributed by atoms with Gasteiger partial charge in [0.1, 0.15) is 5.82 Å². The van der Waals surface area contributed by atoms with Crippen LogP contribution in [0.1, 0.15) is 0 Å². The minimum Gasteiger partial charge on any atom is -0.384 e. The number of halogens is 1. The smallest absolute Gasteiger partial charge is 0.229 e. The number of aromatic nitrogens is 1. The number of hydrogen-bond acceptors (Lipinski definition) is 4. The quantitative estimate of drug-likeness (QED) is 0.763. The molecule has 1 aromatic rings. The minimum atomic E-state index is -3.22. The van der Waals surface area contributed by atoms with Crippen LogP contribution in [0.4, 0.5) is 11.5 Å². The molecular formula is C6H10ClN3O2S. The average Bonchev–Trinajstić information content (AvgIpc) is 1.91. The summed E-state index contributed by atoms with van der Waals surface area (Å²) >= 11 is 0. The van der Waals surface area contributed by atoms with E-state index in [1.54, 1.807) is 6.07 Å². The van der Waals surface area contributed by atoms with E-state index in [0.29, 0.717) is 11.5 Å². The largest absolute Gasteiger partial charge is 0.384 e. The maximum Gasteiger partial charge on any atom is 0.229 e. The normalized spacial score (nSPS) is 10.2. The van der Waals surface area contributed by atoms with Crippen LogP contribution in [0, 0.1) is 0 Å². The molecule has 74 valence electrons. The van der Waals surface area contributed by atoms with Gasteiger partial charge in [0, 0.05) is 0 Å². The molecule has 1 rings (SSSR count).